The largest absolute Gasteiger partial charge is 0.292 e. The first-order valence-corrected chi connectivity index (χ1v) is 5.59. The van der Waals surface area contributed by atoms with Gasteiger partial charge in [-0.1, -0.05) is 17.7 Å². The molecule has 17 heavy (non-hydrogen) atoms. The van der Waals surface area contributed by atoms with Crippen LogP contribution in [0, 0.1) is 13.8 Å². The molecule has 4 nitrogen and oxygen atoms in total. The second kappa shape index (κ2) is 4.67. The zero-order valence-electron chi connectivity index (χ0n) is 9.64. The van der Waals surface area contributed by atoms with Gasteiger partial charge >= 0.3 is 0 Å². The average molecular weight is 250 g/mol. The van der Waals surface area contributed by atoms with Gasteiger partial charge < -0.3 is 0 Å². The first kappa shape index (κ1) is 11.8. The Morgan fingerprint density at radius 2 is 2.12 bits per heavy atom. The van der Waals surface area contributed by atoms with Crippen LogP contribution in [-0.2, 0) is 6.54 Å². The van der Waals surface area contributed by atoms with Crippen molar-refractivity contribution >= 4 is 11.6 Å². The summed E-state index contributed by atoms with van der Waals surface area (Å²) in [7, 11) is 0. The second-order valence-corrected chi connectivity index (χ2v) is 4.25. The molecule has 0 radical (unpaired) electrons. The fourth-order valence-electron chi connectivity index (χ4n) is 1.64. The lowest BCUT2D eigenvalue weighted by Gasteiger charge is -2.09. The molecule has 5 heteroatoms. The van der Waals surface area contributed by atoms with E-state index in [0.717, 1.165) is 11.3 Å². The maximum Gasteiger partial charge on any atom is 0.254 e. The van der Waals surface area contributed by atoms with Crippen LogP contribution in [0.3, 0.4) is 0 Å². The molecule has 2 heterocycles. The lowest BCUT2D eigenvalue weighted by Crippen LogP contribution is -2.24. The summed E-state index contributed by atoms with van der Waals surface area (Å²) in [5.41, 5.74) is 1.60. The molecule has 0 saturated heterocycles. The molecule has 88 valence electrons. The molecule has 0 saturated carbocycles. The van der Waals surface area contributed by atoms with Gasteiger partial charge in [0.1, 0.15) is 11.0 Å². The number of hydrogen-bond acceptors (Lipinski definition) is 3. The first-order chi connectivity index (χ1) is 8.06. The molecule has 0 N–H and O–H groups in total. The normalized spacial score (nSPS) is 10.5. The fourth-order valence-corrected chi connectivity index (χ4v) is 1.75. The number of nitrogens with zero attached hydrogens (tertiary/aromatic N) is 3. The highest BCUT2D eigenvalue weighted by atomic mass is 35.5. The third kappa shape index (κ3) is 2.71. The number of aromatic nitrogens is 3. The lowest BCUT2D eigenvalue weighted by atomic mass is 10.3. The van der Waals surface area contributed by atoms with Crippen LogP contribution in [0.25, 0.3) is 0 Å². The van der Waals surface area contributed by atoms with E-state index in [1.54, 1.807) is 16.8 Å². The predicted octanol–water partition coefficient (Wildman–Crippen LogP) is 1.96. The second-order valence-electron chi connectivity index (χ2n) is 3.86. The van der Waals surface area contributed by atoms with E-state index >= 15 is 0 Å². The molecule has 0 fully saturated rings. The fraction of sp³-hybridized carbons (Fsp3) is 0.250. The van der Waals surface area contributed by atoms with Gasteiger partial charge in [-0.15, -0.1) is 0 Å². The van der Waals surface area contributed by atoms with Gasteiger partial charge in [0.25, 0.3) is 5.56 Å². The Bertz CT molecular complexity index is 590. The van der Waals surface area contributed by atoms with E-state index in [1.165, 1.54) is 6.07 Å². The van der Waals surface area contributed by atoms with Crippen LogP contribution >= 0.6 is 11.6 Å². The monoisotopic (exact) mass is 249 g/mol. The molecule has 2 aromatic heterocycles. The molecule has 0 aliphatic rings. The van der Waals surface area contributed by atoms with Crippen molar-refractivity contribution in [2.24, 2.45) is 0 Å². The molecule has 2 rings (SSSR count). The summed E-state index contributed by atoms with van der Waals surface area (Å²) >= 11 is 5.71. The van der Waals surface area contributed by atoms with Crippen LogP contribution in [-0.4, -0.2) is 14.5 Å². The number of aryl methyl sites for hydroxylation is 2. The zero-order chi connectivity index (χ0) is 12.4. The summed E-state index contributed by atoms with van der Waals surface area (Å²) in [5.74, 6) is 0.699. The molecule has 0 amide bonds. The van der Waals surface area contributed by atoms with Crippen LogP contribution in [0.2, 0.25) is 5.15 Å². The summed E-state index contributed by atoms with van der Waals surface area (Å²) in [6.07, 6.45) is 1.66. The zero-order valence-corrected chi connectivity index (χ0v) is 10.4. The number of rotatable bonds is 2. The van der Waals surface area contributed by atoms with Crippen LogP contribution < -0.4 is 5.56 Å². The molecule has 0 aliphatic heterocycles. The van der Waals surface area contributed by atoms with Gasteiger partial charge in [-0.05, 0) is 25.5 Å². The quantitative estimate of drug-likeness (QED) is 0.765. The Labute approximate surface area is 104 Å². The van der Waals surface area contributed by atoms with E-state index in [0.29, 0.717) is 17.5 Å². The summed E-state index contributed by atoms with van der Waals surface area (Å²) in [4.78, 5) is 20.1. The number of pyridine rings is 1. The molecular formula is C12H12ClN3O. The van der Waals surface area contributed by atoms with Gasteiger partial charge in [0.2, 0.25) is 0 Å². The summed E-state index contributed by atoms with van der Waals surface area (Å²) in [5, 5.41) is 0.444. The van der Waals surface area contributed by atoms with E-state index in [4.69, 9.17) is 11.6 Å². The van der Waals surface area contributed by atoms with E-state index < -0.39 is 0 Å². The molecular weight excluding hydrogens is 238 g/mol. The Morgan fingerprint density at radius 1 is 1.35 bits per heavy atom. The minimum absolute atomic E-state index is 0.0510. The van der Waals surface area contributed by atoms with Crippen molar-refractivity contribution in [3.05, 3.63) is 57.0 Å². The maximum absolute atomic E-state index is 11.8. The van der Waals surface area contributed by atoms with Gasteiger partial charge in [0, 0.05) is 18.0 Å². The molecule has 2 aromatic rings. The highest BCUT2D eigenvalue weighted by molar-refractivity contribution is 6.29. The van der Waals surface area contributed by atoms with E-state index in [9.17, 15) is 4.79 Å². The van der Waals surface area contributed by atoms with Gasteiger partial charge in [0.15, 0.2) is 0 Å². The highest BCUT2D eigenvalue weighted by Crippen LogP contribution is 2.07. The molecule has 0 unspecified atom stereocenters. The third-order valence-electron chi connectivity index (χ3n) is 2.46. The van der Waals surface area contributed by atoms with Crippen LogP contribution in [0.4, 0.5) is 0 Å². The Hall–Kier alpha value is -1.68. The average Bonchev–Trinajstić information content (AvgIpc) is 2.26. The Balaban J connectivity index is 2.36. The van der Waals surface area contributed by atoms with Crippen molar-refractivity contribution in [3.8, 4) is 0 Å². The molecule has 0 atom stereocenters. The van der Waals surface area contributed by atoms with Gasteiger partial charge in [0.05, 0.1) is 6.54 Å². The van der Waals surface area contributed by atoms with Crippen molar-refractivity contribution in [2.75, 3.05) is 0 Å². The van der Waals surface area contributed by atoms with Gasteiger partial charge in [-0.3, -0.25) is 9.36 Å². The maximum atomic E-state index is 11.8. The minimum atomic E-state index is -0.0510. The molecule has 0 bridgehead atoms. The lowest BCUT2D eigenvalue weighted by molar-refractivity contribution is 0.692. The number of halogens is 1. The standard InChI is InChI=1S/C12H12ClN3O/c1-8-5-12(17)16(9(2)15-8)7-10-3-4-11(13)14-6-10/h3-6H,7H2,1-2H3. The smallest absolute Gasteiger partial charge is 0.254 e. The summed E-state index contributed by atoms with van der Waals surface area (Å²) in [6, 6.07) is 5.08. The van der Waals surface area contributed by atoms with Gasteiger partial charge in [-0.2, -0.15) is 0 Å². The van der Waals surface area contributed by atoms with Crippen LogP contribution in [0.1, 0.15) is 17.1 Å². The van der Waals surface area contributed by atoms with Gasteiger partial charge in [-0.25, -0.2) is 9.97 Å². The first-order valence-electron chi connectivity index (χ1n) is 5.22. The SMILES string of the molecule is Cc1cc(=O)n(Cc2ccc(Cl)nc2)c(C)n1. The minimum Gasteiger partial charge on any atom is -0.292 e. The van der Waals surface area contributed by atoms with Crippen molar-refractivity contribution < 1.29 is 0 Å². The highest BCUT2D eigenvalue weighted by Gasteiger charge is 2.04. The Kier molecular flexibility index (Phi) is 3.24. The van der Waals surface area contributed by atoms with Crippen LogP contribution in [0.5, 0.6) is 0 Å². The van der Waals surface area contributed by atoms with Crippen molar-refractivity contribution in [1.29, 1.82) is 0 Å². The van der Waals surface area contributed by atoms with E-state index in [-0.39, 0.29) is 5.56 Å². The summed E-state index contributed by atoms with van der Waals surface area (Å²) in [6.45, 7) is 4.09. The van der Waals surface area contributed by atoms with Crippen molar-refractivity contribution in [1.82, 2.24) is 14.5 Å². The van der Waals surface area contributed by atoms with Crippen molar-refractivity contribution in [2.45, 2.75) is 20.4 Å². The molecule has 0 spiro atoms. The topological polar surface area (TPSA) is 47.8 Å². The van der Waals surface area contributed by atoms with E-state index in [1.807, 2.05) is 19.9 Å². The Morgan fingerprint density at radius 3 is 2.71 bits per heavy atom. The van der Waals surface area contributed by atoms with Crippen molar-refractivity contribution in [3.63, 3.8) is 0 Å². The third-order valence-corrected chi connectivity index (χ3v) is 2.68. The predicted molar refractivity (Wildman–Crippen MR) is 66.3 cm³/mol. The number of hydrogen-bond donors (Lipinski definition) is 0. The van der Waals surface area contributed by atoms with Crippen LogP contribution in [0.15, 0.2) is 29.2 Å². The molecule has 0 aromatic carbocycles. The summed E-state index contributed by atoms with van der Waals surface area (Å²) < 4.78 is 1.61. The van der Waals surface area contributed by atoms with E-state index in [2.05, 4.69) is 9.97 Å². The molecule has 0 aliphatic carbocycles.